The predicted molar refractivity (Wildman–Crippen MR) is 137 cm³/mol. The fourth-order valence-electron chi connectivity index (χ4n) is 4.91. The SMILES string of the molecule is CC1(C)S[C@@H]2[C@H](NC(=O)C(NC(=O)c3cnc4cccc(O)c4c3O)c3ccccc3)C(=O)N2[C@H]1C(=O)O. The van der Waals surface area contributed by atoms with Crippen LogP contribution in [0.15, 0.2) is 54.7 Å². The van der Waals surface area contributed by atoms with Crippen molar-refractivity contribution in [3.8, 4) is 11.5 Å². The van der Waals surface area contributed by atoms with E-state index in [2.05, 4.69) is 15.6 Å². The Balaban J connectivity index is 1.40. The van der Waals surface area contributed by atoms with E-state index in [9.17, 15) is 34.5 Å². The first kappa shape index (κ1) is 25.3. The highest BCUT2D eigenvalue weighted by molar-refractivity contribution is 8.01. The van der Waals surface area contributed by atoms with Crippen LogP contribution in [0.2, 0.25) is 0 Å². The van der Waals surface area contributed by atoms with E-state index in [-0.39, 0.29) is 22.2 Å². The third-order valence-corrected chi connectivity index (χ3v) is 8.30. The third-order valence-electron chi connectivity index (χ3n) is 6.73. The summed E-state index contributed by atoms with van der Waals surface area (Å²) in [6.45, 7) is 3.46. The minimum absolute atomic E-state index is 0.00474. The fraction of sp³-hybridized carbons (Fsp3) is 0.269. The minimum Gasteiger partial charge on any atom is -0.507 e. The zero-order valence-electron chi connectivity index (χ0n) is 20.3. The molecule has 0 bridgehead atoms. The van der Waals surface area contributed by atoms with Gasteiger partial charge in [-0.25, -0.2) is 4.79 Å². The van der Waals surface area contributed by atoms with Gasteiger partial charge in [0.05, 0.1) is 10.9 Å². The Kier molecular flexibility index (Phi) is 6.14. The molecule has 0 saturated carbocycles. The molecule has 12 heteroatoms. The maximum Gasteiger partial charge on any atom is 0.327 e. The van der Waals surface area contributed by atoms with Crippen molar-refractivity contribution in [1.82, 2.24) is 20.5 Å². The topological polar surface area (TPSA) is 169 Å². The number of benzene rings is 2. The molecule has 0 radical (unpaired) electrons. The molecule has 0 aliphatic carbocycles. The number of thioether (sulfide) groups is 1. The van der Waals surface area contributed by atoms with E-state index in [0.29, 0.717) is 5.56 Å². The maximum absolute atomic E-state index is 13.4. The molecule has 2 saturated heterocycles. The Morgan fingerprint density at radius 1 is 1.08 bits per heavy atom. The number of aliphatic carboxylic acids is 1. The molecule has 5 N–H and O–H groups in total. The molecule has 4 atom stereocenters. The number of aromatic nitrogens is 1. The Hall–Kier alpha value is -4.32. The number of aromatic hydroxyl groups is 2. The van der Waals surface area contributed by atoms with Crippen molar-refractivity contribution in [1.29, 1.82) is 0 Å². The summed E-state index contributed by atoms with van der Waals surface area (Å²) in [5.41, 5.74) is 0.443. The van der Waals surface area contributed by atoms with Crippen LogP contribution in [0, 0.1) is 0 Å². The van der Waals surface area contributed by atoms with Gasteiger partial charge in [0.2, 0.25) is 11.8 Å². The number of rotatable bonds is 6. The van der Waals surface area contributed by atoms with Gasteiger partial charge < -0.3 is 30.9 Å². The molecule has 1 unspecified atom stereocenters. The molecule has 196 valence electrons. The van der Waals surface area contributed by atoms with Crippen molar-refractivity contribution in [3.05, 3.63) is 65.9 Å². The van der Waals surface area contributed by atoms with E-state index in [0.717, 1.165) is 6.20 Å². The molecule has 2 fully saturated rings. The van der Waals surface area contributed by atoms with Crippen LogP contribution in [0.1, 0.15) is 35.8 Å². The van der Waals surface area contributed by atoms with Gasteiger partial charge in [-0.2, -0.15) is 0 Å². The van der Waals surface area contributed by atoms with Crippen molar-refractivity contribution < 1.29 is 34.5 Å². The number of pyridine rings is 1. The highest BCUT2D eigenvalue weighted by Crippen LogP contribution is 2.50. The number of hydrogen-bond acceptors (Lipinski definition) is 8. The van der Waals surface area contributed by atoms with Gasteiger partial charge in [-0.05, 0) is 31.5 Å². The number of nitrogens with zero attached hydrogens (tertiary/aromatic N) is 2. The number of carbonyl (C=O) groups excluding carboxylic acids is 3. The Morgan fingerprint density at radius 3 is 2.47 bits per heavy atom. The lowest BCUT2D eigenvalue weighted by Gasteiger charge is -2.44. The van der Waals surface area contributed by atoms with Crippen LogP contribution in [0.3, 0.4) is 0 Å². The largest absolute Gasteiger partial charge is 0.507 e. The summed E-state index contributed by atoms with van der Waals surface area (Å²) in [5.74, 6) is -3.90. The van der Waals surface area contributed by atoms with Crippen LogP contribution in [-0.2, 0) is 14.4 Å². The van der Waals surface area contributed by atoms with Gasteiger partial charge in [0.1, 0.15) is 40.6 Å². The van der Waals surface area contributed by atoms with Crippen LogP contribution >= 0.6 is 11.8 Å². The van der Waals surface area contributed by atoms with Crippen molar-refractivity contribution in [2.24, 2.45) is 0 Å². The monoisotopic (exact) mass is 536 g/mol. The van der Waals surface area contributed by atoms with Gasteiger partial charge in [0.15, 0.2) is 0 Å². The van der Waals surface area contributed by atoms with E-state index < -0.39 is 57.7 Å². The van der Waals surface area contributed by atoms with Crippen LogP contribution in [0.5, 0.6) is 11.5 Å². The summed E-state index contributed by atoms with van der Waals surface area (Å²) < 4.78 is -0.759. The highest BCUT2D eigenvalue weighted by atomic mass is 32.2. The Labute approximate surface area is 220 Å². The first-order valence-electron chi connectivity index (χ1n) is 11.7. The van der Waals surface area contributed by atoms with E-state index in [1.54, 1.807) is 56.3 Å². The van der Waals surface area contributed by atoms with Crippen molar-refractivity contribution >= 4 is 46.4 Å². The average Bonchev–Trinajstić information content (AvgIpc) is 3.14. The first-order chi connectivity index (χ1) is 18.0. The maximum atomic E-state index is 13.4. The van der Waals surface area contributed by atoms with Crippen LogP contribution in [-0.4, -0.2) is 71.1 Å². The second-order valence-electron chi connectivity index (χ2n) is 9.59. The number of amides is 3. The van der Waals surface area contributed by atoms with Crippen LogP contribution in [0.4, 0.5) is 0 Å². The summed E-state index contributed by atoms with van der Waals surface area (Å²) in [5, 5.41) is 35.2. The molecular formula is C26H24N4O7S. The predicted octanol–water partition coefficient (Wildman–Crippen LogP) is 1.75. The number of phenolic OH excluding ortho intramolecular Hbond substituents is 1. The molecule has 3 heterocycles. The minimum atomic E-state index is -1.25. The normalized spacial score (nSPS) is 22.3. The van der Waals surface area contributed by atoms with Crippen molar-refractivity contribution in [2.45, 2.75) is 42.1 Å². The summed E-state index contributed by atoms with van der Waals surface area (Å²) in [4.78, 5) is 56.7. The lowest BCUT2D eigenvalue weighted by atomic mass is 9.95. The molecule has 2 aliphatic heterocycles. The van der Waals surface area contributed by atoms with Gasteiger partial charge in [0, 0.05) is 10.9 Å². The van der Waals surface area contributed by atoms with Crippen LogP contribution in [0.25, 0.3) is 10.9 Å². The lowest BCUT2D eigenvalue weighted by Crippen LogP contribution is -2.71. The summed E-state index contributed by atoms with van der Waals surface area (Å²) >= 11 is 1.29. The average molecular weight is 537 g/mol. The van der Waals surface area contributed by atoms with Gasteiger partial charge in [-0.3, -0.25) is 19.4 Å². The first-order valence-corrected chi connectivity index (χ1v) is 12.6. The molecule has 0 spiro atoms. The standard InChI is InChI=1S/C26H24N4O7S/c1-26(2)20(25(36)37)30-23(35)18(24(30)38-26)29-22(34)17(12-7-4-3-5-8-12)28-21(33)13-11-27-14-9-6-10-15(31)16(14)19(13)32/h3-11,17-18,20,24,31H,1-2H3,(H,27,32)(H,28,33)(H,29,34)(H,36,37)/t17?,18-,20+,24-/m1/s1. The van der Waals surface area contributed by atoms with E-state index in [1.807, 2.05) is 0 Å². The molecule has 2 aromatic carbocycles. The van der Waals surface area contributed by atoms with E-state index >= 15 is 0 Å². The molecular weight excluding hydrogens is 512 g/mol. The fourth-order valence-corrected chi connectivity index (χ4v) is 6.54. The van der Waals surface area contributed by atoms with Crippen molar-refractivity contribution in [3.63, 3.8) is 0 Å². The smallest absolute Gasteiger partial charge is 0.327 e. The quantitative estimate of drug-likeness (QED) is 0.295. The summed E-state index contributed by atoms with van der Waals surface area (Å²) in [6, 6.07) is 9.55. The number of fused-ring (bicyclic) bond motifs is 2. The van der Waals surface area contributed by atoms with Gasteiger partial charge in [-0.1, -0.05) is 36.4 Å². The Morgan fingerprint density at radius 2 is 1.79 bits per heavy atom. The zero-order chi connectivity index (χ0) is 27.4. The third kappa shape index (κ3) is 4.06. The molecule has 1 aromatic heterocycles. The van der Waals surface area contributed by atoms with Crippen molar-refractivity contribution in [2.75, 3.05) is 0 Å². The number of β-lactam (4-membered cyclic amide) rings is 1. The number of hydrogen-bond donors (Lipinski definition) is 5. The van der Waals surface area contributed by atoms with Gasteiger partial charge in [0.25, 0.3) is 5.91 Å². The lowest BCUT2D eigenvalue weighted by molar-refractivity contribution is -0.161. The second-order valence-corrected chi connectivity index (χ2v) is 11.4. The molecule has 11 nitrogen and oxygen atoms in total. The molecule has 5 rings (SSSR count). The number of phenols is 1. The van der Waals surface area contributed by atoms with E-state index in [1.165, 1.54) is 22.7 Å². The molecule has 2 aliphatic rings. The van der Waals surface area contributed by atoms with Gasteiger partial charge in [-0.15, -0.1) is 11.8 Å². The molecule has 3 aromatic rings. The summed E-state index contributed by atoms with van der Waals surface area (Å²) in [7, 11) is 0. The number of carbonyl (C=O) groups is 4. The second kappa shape index (κ2) is 9.21. The van der Waals surface area contributed by atoms with E-state index in [4.69, 9.17) is 0 Å². The summed E-state index contributed by atoms with van der Waals surface area (Å²) in [6.07, 6.45) is 1.14. The van der Waals surface area contributed by atoms with Gasteiger partial charge >= 0.3 is 5.97 Å². The molecule has 3 amide bonds. The molecule has 38 heavy (non-hydrogen) atoms. The highest BCUT2D eigenvalue weighted by Gasteiger charge is 2.64. The Bertz CT molecular complexity index is 1480. The number of carboxylic acids is 1. The zero-order valence-corrected chi connectivity index (χ0v) is 21.1. The van der Waals surface area contributed by atoms with Crippen LogP contribution < -0.4 is 10.6 Å². The number of nitrogens with one attached hydrogen (secondary N) is 2. The number of carboxylic acid groups (broad SMARTS) is 1.